The molecule has 1 fully saturated rings. The van der Waals surface area contributed by atoms with Crippen molar-refractivity contribution in [1.29, 1.82) is 0 Å². The molecule has 1 amide bonds. The van der Waals surface area contributed by atoms with Crippen molar-refractivity contribution in [1.82, 2.24) is 4.90 Å². The highest BCUT2D eigenvalue weighted by molar-refractivity contribution is 5.94. The number of piperidine rings is 1. The van der Waals surface area contributed by atoms with Gasteiger partial charge >= 0.3 is 0 Å². The zero-order chi connectivity index (χ0) is 17.6. The largest absolute Gasteiger partial charge is 0.494 e. The minimum atomic E-state index is -0.388. The van der Waals surface area contributed by atoms with Crippen molar-refractivity contribution in [2.24, 2.45) is 5.41 Å². The molecule has 2 rings (SSSR count). The average Bonchev–Trinajstić information content (AvgIpc) is 2.53. The van der Waals surface area contributed by atoms with Gasteiger partial charge in [-0.3, -0.25) is 4.79 Å². The summed E-state index contributed by atoms with van der Waals surface area (Å²) >= 11 is 0. The van der Waals surface area contributed by atoms with Gasteiger partial charge in [-0.25, -0.2) is 0 Å². The van der Waals surface area contributed by atoms with E-state index in [1.54, 1.807) is 0 Å². The van der Waals surface area contributed by atoms with Crippen LogP contribution in [-0.4, -0.2) is 36.5 Å². The normalized spacial score (nSPS) is 19.1. The minimum absolute atomic E-state index is 0.0202. The maximum absolute atomic E-state index is 12.0. The Bertz CT molecular complexity index is 519. The monoisotopic (exact) mass is 332 g/mol. The first-order valence-corrected chi connectivity index (χ1v) is 9.14. The van der Waals surface area contributed by atoms with Crippen LogP contribution in [0.4, 0.5) is 5.69 Å². The van der Waals surface area contributed by atoms with Crippen molar-refractivity contribution in [2.75, 3.05) is 25.0 Å². The number of rotatable bonds is 6. The number of amides is 1. The molecule has 0 bridgehead atoms. The second-order valence-electron chi connectivity index (χ2n) is 7.81. The number of hydrogen-bond donors (Lipinski definition) is 1. The lowest BCUT2D eigenvalue weighted by molar-refractivity contribution is -0.123. The van der Waals surface area contributed by atoms with Gasteiger partial charge in [0.1, 0.15) is 5.75 Å². The summed E-state index contributed by atoms with van der Waals surface area (Å²) in [4.78, 5) is 14.5. The Balaban J connectivity index is 1.71. The molecule has 1 aromatic carbocycles. The molecule has 1 saturated heterocycles. The van der Waals surface area contributed by atoms with Crippen LogP contribution < -0.4 is 10.1 Å². The van der Waals surface area contributed by atoms with Crippen LogP contribution in [0, 0.1) is 5.41 Å². The van der Waals surface area contributed by atoms with Gasteiger partial charge in [-0.2, -0.15) is 0 Å². The van der Waals surface area contributed by atoms with Gasteiger partial charge in [-0.05, 0) is 57.0 Å². The van der Waals surface area contributed by atoms with E-state index in [1.807, 2.05) is 45.0 Å². The number of carbonyl (C=O) groups excluding carboxylic acids is 1. The Hall–Kier alpha value is -1.55. The van der Waals surface area contributed by atoms with Crippen molar-refractivity contribution in [2.45, 2.75) is 59.4 Å². The summed E-state index contributed by atoms with van der Waals surface area (Å²) in [7, 11) is 0. The first-order chi connectivity index (χ1) is 11.4. The number of benzene rings is 1. The maximum atomic E-state index is 12.0. The van der Waals surface area contributed by atoms with E-state index in [0.29, 0.717) is 6.04 Å². The van der Waals surface area contributed by atoms with Crippen LogP contribution in [0.1, 0.15) is 53.4 Å². The fraction of sp³-hybridized carbons (Fsp3) is 0.650. The van der Waals surface area contributed by atoms with Crippen molar-refractivity contribution >= 4 is 11.6 Å². The van der Waals surface area contributed by atoms with E-state index in [1.165, 1.54) is 25.8 Å². The Labute approximate surface area is 146 Å². The molecule has 1 heterocycles. The Kier molecular flexibility index (Phi) is 6.67. The van der Waals surface area contributed by atoms with Gasteiger partial charge in [-0.1, -0.05) is 27.2 Å². The molecule has 24 heavy (non-hydrogen) atoms. The zero-order valence-electron chi connectivity index (χ0n) is 15.6. The van der Waals surface area contributed by atoms with Crippen molar-refractivity contribution in [3.8, 4) is 5.75 Å². The number of carbonyl (C=O) groups is 1. The second kappa shape index (κ2) is 8.52. The SMILES string of the molecule is C[C@H]1CCCCN1CCCOc1ccc(NC(=O)C(C)(C)C)cc1. The van der Waals surface area contributed by atoms with Crippen LogP contribution >= 0.6 is 0 Å². The van der Waals surface area contributed by atoms with E-state index in [2.05, 4.69) is 17.1 Å². The van der Waals surface area contributed by atoms with Gasteiger partial charge in [0.25, 0.3) is 0 Å². The number of nitrogens with one attached hydrogen (secondary N) is 1. The first-order valence-electron chi connectivity index (χ1n) is 9.14. The summed E-state index contributed by atoms with van der Waals surface area (Å²) in [6.07, 6.45) is 5.06. The molecule has 1 aliphatic rings. The van der Waals surface area contributed by atoms with Crippen LogP contribution in [0.5, 0.6) is 5.75 Å². The first kappa shape index (κ1) is 18.8. The van der Waals surface area contributed by atoms with Gasteiger partial charge in [0, 0.05) is 23.7 Å². The molecular formula is C20H32N2O2. The molecule has 0 spiro atoms. The molecule has 1 aliphatic heterocycles. The molecule has 0 saturated carbocycles. The summed E-state index contributed by atoms with van der Waals surface area (Å²) in [5.41, 5.74) is 0.422. The lowest BCUT2D eigenvalue weighted by Crippen LogP contribution is -2.38. The van der Waals surface area contributed by atoms with Crippen molar-refractivity contribution in [3.05, 3.63) is 24.3 Å². The van der Waals surface area contributed by atoms with E-state index < -0.39 is 0 Å². The highest BCUT2D eigenvalue weighted by Crippen LogP contribution is 2.20. The molecule has 1 aromatic rings. The third-order valence-electron chi connectivity index (χ3n) is 4.59. The summed E-state index contributed by atoms with van der Waals surface area (Å²) in [5.74, 6) is 0.877. The van der Waals surface area contributed by atoms with E-state index in [-0.39, 0.29) is 11.3 Å². The number of hydrogen-bond acceptors (Lipinski definition) is 3. The number of likely N-dealkylation sites (tertiary alicyclic amines) is 1. The summed E-state index contributed by atoms with van der Waals surface area (Å²) in [6.45, 7) is 11.1. The highest BCUT2D eigenvalue weighted by Gasteiger charge is 2.21. The molecule has 4 heteroatoms. The number of anilines is 1. The lowest BCUT2D eigenvalue weighted by atomic mass is 9.95. The minimum Gasteiger partial charge on any atom is -0.494 e. The summed E-state index contributed by atoms with van der Waals surface area (Å²) in [5, 5.41) is 2.92. The number of nitrogens with zero attached hydrogens (tertiary/aromatic N) is 1. The predicted octanol–water partition coefficient (Wildman–Crippen LogP) is 4.31. The molecule has 134 valence electrons. The molecule has 0 unspecified atom stereocenters. The Morgan fingerprint density at radius 3 is 2.58 bits per heavy atom. The topological polar surface area (TPSA) is 41.6 Å². The van der Waals surface area contributed by atoms with Crippen LogP contribution in [0.15, 0.2) is 24.3 Å². The van der Waals surface area contributed by atoms with Crippen molar-refractivity contribution in [3.63, 3.8) is 0 Å². The van der Waals surface area contributed by atoms with Crippen LogP contribution in [-0.2, 0) is 4.79 Å². The van der Waals surface area contributed by atoms with E-state index in [0.717, 1.165) is 31.0 Å². The smallest absolute Gasteiger partial charge is 0.229 e. The average molecular weight is 332 g/mol. The molecule has 0 aliphatic carbocycles. The lowest BCUT2D eigenvalue weighted by Gasteiger charge is -2.33. The van der Waals surface area contributed by atoms with Gasteiger partial charge in [0.15, 0.2) is 0 Å². The standard InChI is InChI=1S/C20H32N2O2/c1-16-8-5-6-13-22(16)14-7-15-24-18-11-9-17(10-12-18)21-19(23)20(2,3)4/h9-12,16H,5-8,13-15H2,1-4H3,(H,21,23)/t16-/m0/s1. The molecule has 0 radical (unpaired) electrons. The zero-order valence-corrected chi connectivity index (χ0v) is 15.6. The quantitative estimate of drug-likeness (QED) is 0.789. The maximum Gasteiger partial charge on any atom is 0.229 e. The fourth-order valence-corrected chi connectivity index (χ4v) is 2.90. The number of ether oxygens (including phenoxy) is 1. The van der Waals surface area contributed by atoms with Crippen LogP contribution in [0.25, 0.3) is 0 Å². The Morgan fingerprint density at radius 2 is 1.96 bits per heavy atom. The molecule has 1 atom stereocenters. The summed E-state index contributed by atoms with van der Waals surface area (Å²) in [6, 6.07) is 8.34. The van der Waals surface area contributed by atoms with Gasteiger partial charge in [0.2, 0.25) is 5.91 Å². The molecule has 4 nitrogen and oxygen atoms in total. The van der Waals surface area contributed by atoms with Crippen molar-refractivity contribution < 1.29 is 9.53 Å². The molecular weight excluding hydrogens is 300 g/mol. The fourth-order valence-electron chi connectivity index (χ4n) is 2.90. The van der Waals surface area contributed by atoms with Gasteiger partial charge in [-0.15, -0.1) is 0 Å². The van der Waals surface area contributed by atoms with E-state index in [4.69, 9.17) is 4.74 Å². The molecule has 0 aromatic heterocycles. The van der Waals surface area contributed by atoms with Crippen LogP contribution in [0.3, 0.4) is 0 Å². The highest BCUT2D eigenvalue weighted by atomic mass is 16.5. The van der Waals surface area contributed by atoms with E-state index >= 15 is 0 Å². The van der Waals surface area contributed by atoms with Crippen LogP contribution in [0.2, 0.25) is 0 Å². The summed E-state index contributed by atoms with van der Waals surface area (Å²) < 4.78 is 5.82. The van der Waals surface area contributed by atoms with Gasteiger partial charge in [0.05, 0.1) is 6.61 Å². The van der Waals surface area contributed by atoms with Gasteiger partial charge < -0.3 is 15.0 Å². The van der Waals surface area contributed by atoms with E-state index in [9.17, 15) is 4.79 Å². The predicted molar refractivity (Wildman–Crippen MR) is 99.5 cm³/mol. The second-order valence-corrected chi connectivity index (χ2v) is 7.81. The Morgan fingerprint density at radius 1 is 1.25 bits per heavy atom. The molecule has 1 N–H and O–H groups in total. The third-order valence-corrected chi connectivity index (χ3v) is 4.59. The third kappa shape index (κ3) is 5.82.